The van der Waals surface area contributed by atoms with Gasteiger partial charge in [-0.2, -0.15) is 4.72 Å². The third-order valence-electron chi connectivity index (χ3n) is 3.42. The largest absolute Gasteiger partial charge is 0.495 e. The average Bonchev–Trinajstić information content (AvgIpc) is 2.43. The van der Waals surface area contributed by atoms with Crippen LogP contribution in [0.25, 0.3) is 0 Å². The molecule has 1 unspecified atom stereocenters. The summed E-state index contributed by atoms with van der Waals surface area (Å²) in [6, 6.07) is 2.14. The van der Waals surface area contributed by atoms with Crippen LogP contribution in [0.5, 0.6) is 5.75 Å². The molecule has 0 bridgehead atoms. The lowest BCUT2D eigenvalue weighted by molar-refractivity contribution is -0.124. The molecule has 8 heteroatoms. The molecule has 0 aliphatic carbocycles. The Morgan fingerprint density at radius 2 is 2.14 bits per heavy atom. The van der Waals surface area contributed by atoms with E-state index < -0.39 is 16.1 Å². The van der Waals surface area contributed by atoms with Gasteiger partial charge in [0.25, 0.3) is 0 Å². The summed E-state index contributed by atoms with van der Waals surface area (Å²) in [5.74, 6) is -0.116. The van der Waals surface area contributed by atoms with Crippen molar-refractivity contribution in [2.24, 2.45) is 0 Å². The average molecular weight is 313 g/mol. The summed E-state index contributed by atoms with van der Waals surface area (Å²) in [4.78, 5) is 11.6. The first-order chi connectivity index (χ1) is 9.85. The molecule has 0 saturated carbocycles. The normalized spacial score (nSPS) is 19.1. The zero-order valence-electron chi connectivity index (χ0n) is 12.0. The van der Waals surface area contributed by atoms with Gasteiger partial charge in [0.05, 0.1) is 7.11 Å². The van der Waals surface area contributed by atoms with Gasteiger partial charge in [-0.1, -0.05) is 0 Å². The maximum Gasteiger partial charge on any atom is 0.245 e. The highest BCUT2D eigenvalue weighted by Gasteiger charge is 2.29. The smallest absolute Gasteiger partial charge is 0.245 e. The molecule has 1 aliphatic heterocycles. The number of carbonyl (C=O) groups excluding carboxylic acids is 1. The molecule has 116 valence electrons. The molecule has 1 aromatic carbocycles. The molecule has 4 N–H and O–H groups in total. The molecule has 2 rings (SSSR count). The summed E-state index contributed by atoms with van der Waals surface area (Å²) in [6.45, 7) is 2.33. The molecular formula is C13H19N3O4S. The Morgan fingerprint density at radius 1 is 1.43 bits per heavy atom. The predicted octanol–water partition coefficient (Wildman–Crippen LogP) is 0.143. The van der Waals surface area contributed by atoms with Crippen molar-refractivity contribution in [2.45, 2.75) is 30.7 Å². The van der Waals surface area contributed by atoms with E-state index in [2.05, 4.69) is 10.0 Å². The number of hydrogen-bond acceptors (Lipinski definition) is 5. The number of nitrogen functional groups attached to an aromatic ring is 1. The van der Waals surface area contributed by atoms with Gasteiger partial charge in [-0.05, 0) is 37.5 Å². The van der Waals surface area contributed by atoms with Crippen molar-refractivity contribution in [1.29, 1.82) is 0 Å². The van der Waals surface area contributed by atoms with Gasteiger partial charge < -0.3 is 15.8 Å². The van der Waals surface area contributed by atoms with E-state index in [9.17, 15) is 13.2 Å². The Kier molecular flexibility index (Phi) is 4.38. The molecule has 1 saturated heterocycles. The van der Waals surface area contributed by atoms with Gasteiger partial charge in [0.2, 0.25) is 15.9 Å². The van der Waals surface area contributed by atoms with Crippen molar-refractivity contribution in [3.8, 4) is 5.75 Å². The highest BCUT2D eigenvalue weighted by atomic mass is 32.2. The number of methoxy groups -OCH3 is 1. The monoisotopic (exact) mass is 313 g/mol. The molecule has 1 aromatic rings. The van der Waals surface area contributed by atoms with Crippen molar-refractivity contribution in [3.63, 3.8) is 0 Å². The Hall–Kier alpha value is -1.80. The zero-order chi connectivity index (χ0) is 15.6. The van der Waals surface area contributed by atoms with Crippen LogP contribution >= 0.6 is 0 Å². The number of carbonyl (C=O) groups is 1. The van der Waals surface area contributed by atoms with Crippen molar-refractivity contribution in [1.82, 2.24) is 10.0 Å². The first-order valence-electron chi connectivity index (χ1n) is 6.59. The number of aryl methyl sites for hydroxylation is 1. The number of piperidine rings is 1. The van der Waals surface area contributed by atoms with Crippen LogP contribution in [0.1, 0.15) is 18.4 Å². The minimum absolute atomic E-state index is 0.0635. The lowest BCUT2D eigenvalue weighted by Crippen LogP contribution is -2.50. The lowest BCUT2D eigenvalue weighted by atomic mass is 10.1. The highest BCUT2D eigenvalue weighted by molar-refractivity contribution is 7.89. The quantitative estimate of drug-likeness (QED) is 0.685. The first kappa shape index (κ1) is 15.6. The van der Waals surface area contributed by atoms with Crippen LogP contribution in [0, 0.1) is 6.92 Å². The Morgan fingerprint density at radius 3 is 2.76 bits per heavy atom. The zero-order valence-corrected chi connectivity index (χ0v) is 12.8. The minimum atomic E-state index is -3.89. The summed E-state index contributed by atoms with van der Waals surface area (Å²) in [7, 11) is -2.50. The topological polar surface area (TPSA) is 111 Å². The maximum absolute atomic E-state index is 12.5. The Labute approximate surface area is 123 Å². The SMILES string of the molecule is COc1cc(C)c(N)cc1S(=O)(=O)NC1CCCNC1=O. The molecule has 0 aromatic heterocycles. The fraction of sp³-hybridized carbons (Fsp3) is 0.462. The maximum atomic E-state index is 12.5. The second-order valence-electron chi connectivity index (χ2n) is 4.97. The molecule has 1 fully saturated rings. The van der Waals surface area contributed by atoms with E-state index in [1.54, 1.807) is 13.0 Å². The van der Waals surface area contributed by atoms with Crippen molar-refractivity contribution < 1.29 is 17.9 Å². The number of sulfonamides is 1. The van der Waals surface area contributed by atoms with Gasteiger partial charge in [0.15, 0.2) is 0 Å². The fourth-order valence-corrected chi connectivity index (χ4v) is 3.60. The molecule has 0 spiro atoms. The molecular weight excluding hydrogens is 294 g/mol. The van der Waals surface area contributed by atoms with E-state index in [0.29, 0.717) is 18.7 Å². The summed E-state index contributed by atoms with van der Waals surface area (Å²) >= 11 is 0. The van der Waals surface area contributed by atoms with Crippen LogP contribution < -0.4 is 20.5 Å². The van der Waals surface area contributed by atoms with E-state index in [1.807, 2.05) is 0 Å². The second-order valence-corrected chi connectivity index (χ2v) is 6.65. The third-order valence-corrected chi connectivity index (χ3v) is 4.92. The van der Waals surface area contributed by atoms with Gasteiger partial charge in [-0.15, -0.1) is 0 Å². The van der Waals surface area contributed by atoms with Crippen LogP contribution in [-0.2, 0) is 14.8 Å². The number of nitrogens with two attached hydrogens (primary N) is 1. The van der Waals surface area contributed by atoms with Crippen LogP contribution in [0.2, 0.25) is 0 Å². The van der Waals surface area contributed by atoms with Gasteiger partial charge in [0.1, 0.15) is 16.7 Å². The van der Waals surface area contributed by atoms with Crippen LogP contribution in [0.4, 0.5) is 5.69 Å². The summed E-state index contributed by atoms with van der Waals surface area (Å²) in [5.41, 5.74) is 6.85. The summed E-state index contributed by atoms with van der Waals surface area (Å²) < 4.78 is 32.4. The molecule has 7 nitrogen and oxygen atoms in total. The van der Waals surface area contributed by atoms with Gasteiger partial charge in [-0.3, -0.25) is 4.79 Å². The van der Waals surface area contributed by atoms with Crippen molar-refractivity contribution in [2.75, 3.05) is 19.4 Å². The van der Waals surface area contributed by atoms with E-state index in [1.165, 1.54) is 13.2 Å². The highest BCUT2D eigenvalue weighted by Crippen LogP contribution is 2.29. The number of ether oxygens (including phenoxy) is 1. The van der Waals surface area contributed by atoms with Crippen LogP contribution in [0.3, 0.4) is 0 Å². The summed E-state index contributed by atoms with van der Waals surface area (Å²) in [6.07, 6.45) is 1.20. The van der Waals surface area contributed by atoms with E-state index in [0.717, 1.165) is 12.0 Å². The van der Waals surface area contributed by atoms with E-state index in [-0.39, 0.29) is 16.6 Å². The van der Waals surface area contributed by atoms with Gasteiger partial charge >= 0.3 is 0 Å². The number of benzene rings is 1. The van der Waals surface area contributed by atoms with Crippen LogP contribution in [0.15, 0.2) is 17.0 Å². The molecule has 1 aliphatic rings. The molecule has 1 atom stereocenters. The van der Waals surface area contributed by atoms with Gasteiger partial charge in [-0.25, -0.2) is 8.42 Å². The van der Waals surface area contributed by atoms with Crippen molar-refractivity contribution >= 4 is 21.6 Å². The van der Waals surface area contributed by atoms with E-state index >= 15 is 0 Å². The third kappa shape index (κ3) is 3.27. The van der Waals surface area contributed by atoms with Crippen LogP contribution in [-0.4, -0.2) is 34.0 Å². The number of rotatable bonds is 4. The molecule has 1 amide bonds. The Balaban J connectivity index is 2.35. The summed E-state index contributed by atoms with van der Waals surface area (Å²) in [5, 5.41) is 2.63. The number of hydrogen-bond donors (Lipinski definition) is 3. The first-order valence-corrected chi connectivity index (χ1v) is 8.07. The standard InChI is InChI=1S/C13H19N3O4S/c1-8-6-11(20-2)12(7-9(8)14)21(18,19)16-10-4-3-5-15-13(10)17/h6-7,10,16H,3-5,14H2,1-2H3,(H,15,17). The number of anilines is 1. The lowest BCUT2D eigenvalue weighted by Gasteiger charge is -2.23. The Bertz CT molecular complexity index is 658. The fourth-order valence-electron chi connectivity index (χ4n) is 2.18. The molecule has 0 radical (unpaired) electrons. The van der Waals surface area contributed by atoms with Crippen molar-refractivity contribution in [3.05, 3.63) is 17.7 Å². The number of nitrogens with one attached hydrogen (secondary N) is 2. The second kappa shape index (κ2) is 5.90. The molecule has 21 heavy (non-hydrogen) atoms. The van der Waals surface area contributed by atoms with E-state index in [4.69, 9.17) is 10.5 Å². The van der Waals surface area contributed by atoms with Gasteiger partial charge in [0, 0.05) is 12.2 Å². The number of amides is 1. The predicted molar refractivity (Wildman–Crippen MR) is 78.5 cm³/mol. The molecule has 1 heterocycles. The minimum Gasteiger partial charge on any atom is -0.495 e.